The van der Waals surface area contributed by atoms with Crippen molar-refractivity contribution in [2.24, 2.45) is 0 Å². The van der Waals surface area contributed by atoms with Gasteiger partial charge in [-0.1, -0.05) is 36.8 Å². The highest BCUT2D eigenvalue weighted by Gasteiger charge is 2.25. The standard InChI is InChI=1S/C26H32N6O2/c1-6-26(3,4)32-24(28-29-30-32)17-31(15-19-9-7-18(2)8-10-19)16-21-13-20-14-22(34-5)11-12-23(20)27-25(21)33/h7-14H,6,15-17H2,1-5H3,(H,27,33). The highest BCUT2D eigenvalue weighted by Crippen LogP contribution is 2.22. The summed E-state index contributed by atoms with van der Waals surface area (Å²) < 4.78 is 7.25. The third-order valence-corrected chi connectivity index (χ3v) is 6.39. The summed E-state index contributed by atoms with van der Waals surface area (Å²) in [7, 11) is 1.64. The Hall–Kier alpha value is -3.52. The first-order valence-corrected chi connectivity index (χ1v) is 11.5. The predicted octanol–water partition coefficient (Wildman–Crippen LogP) is 4.18. The fourth-order valence-corrected chi connectivity index (χ4v) is 3.96. The quantitative estimate of drug-likeness (QED) is 0.403. The molecule has 0 saturated heterocycles. The first-order chi connectivity index (χ1) is 16.3. The molecular weight excluding hydrogens is 428 g/mol. The number of aromatic nitrogens is 5. The highest BCUT2D eigenvalue weighted by molar-refractivity contribution is 5.80. The van der Waals surface area contributed by atoms with Crippen molar-refractivity contribution in [1.29, 1.82) is 0 Å². The largest absolute Gasteiger partial charge is 0.497 e. The molecule has 4 aromatic rings. The van der Waals surface area contributed by atoms with Crippen molar-refractivity contribution >= 4 is 10.9 Å². The van der Waals surface area contributed by atoms with Crippen LogP contribution in [0.15, 0.2) is 53.3 Å². The van der Waals surface area contributed by atoms with Gasteiger partial charge in [0.05, 0.1) is 19.2 Å². The number of methoxy groups -OCH3 is 1. The molecule has 34 heavy (non-hydrogen) atoms. The van der Waals surface area contributed by atoms with E-state index in [4.69, 9.17) is 4.74 Å². The number of H-pyrrole nitrogens is 1. The Labute approximate surface area is 199 Å². The van der Waals surface area contributed by atoms with Crippen LogP contribution in [-0.4, -0.2) is 37.2 Å². The number of hydrogen-bond acceptors (Lipinski definition) is 6. The minimum absolute atomic E-state index is 0.0972. The van der Waals surface area contributed by atoms with Crippen molar-refractivity contribution in [3.63, 3.8) is 0 Å². The topological polar surface area (TPSA) is 88.9 Å². The zero-order valence-electron chi connectivity index (χ0n) is 20.5. The first-order valence-electron chi connectivity index (χ1n) is 11.5. The Morgan fingerprint density at radius 2 is 1.82 bits per heavy atom. The van der Waals surface area contributed by atoms with Crippen molar-refractivity contribution in [1.82, 2.24) is 30.1 Å². The van der Waals surface area contributed by atoms with E-state index in [1.807, 2.05) is 28.9 Å². The van der Waals surface area contributed by atoms with Gasteiger partial charge >= 0.3 is 0 Å². The molecule has 0 spiro atoms. The number of nitrogens with zero attached hydrogens (tertiary/aromatic N) is 5. The third-order valence-electron chi connectivity index (χ3n) is 6.39. The zero-order chi connectivity index (χ0) is 24.3. The average Bonchev–Trinajstić information content (AvgIpc) is 3.30. The number of aromatic amines is 1. The van der Waals surface area contributed by atoms with Crippen LogP contribution in [0.3, 0.4) is 0 Å². The average molecular weight is 461 g/mol. The van der Waals surface area contributed by atoms with Gasteiger partial charge in [0.1, 0.15) is 5.75 Å². The fourth-order valence-electron chi connectivity index (χ4n) is 3.96. The molecule has 0 amide bonds. The second kappa shape index (κ2) is 9.77. The molecule has 4 rings (SSSR count). The van der Waals surface area contributed by atoms with Crippen LogP contribution in [0.2, 0.25) is 0 Å². The fraction of sp³-hybridized carbons (Fsp3) is 0.385. The van der Waals surface area contributed by atoms with Crippen molar-refractivity contribution in [3.05, 3.63) is 81.4 Å². The predicted molar refractivity (Wildman–Crippen MR) is 133 cm³/mol. The minimum Gasteiger partial charge on any atom is -0.497 e. The van der Waals surface area contributed by atoms with Crippen LogP contribution in [-0.2, 0) is 25.2 Å². The van der Waals surface area contributed by atoms with Crippen LogP contribution in [0, 0.1) is 6.92 Å². The van der Waals surface area contributed by atoms with E-state index in [-0.39, 0.29) is 11.1 Å². The maximum absolute atomic E-state index is 12.9. The second-order valence-electron chi connectivity index (χ2n) is 9.38. The van der Waals surface area contributed by atoms with Crippen LogP contribution in [0.4, 0.5) is 0 Å². The van der Waals surface area contributed by atoms with Crippen molar-refractivity contribution in [2.75, 3.05) is 7.11 Å². The van der Waals surface area contributed by atoms with Crippen LogP contribution >= 0.6 is 0 Å². The van der Waals surface area contributed by atoms with E-state index < -0.39 is 0 Å². The lowest BCUT2D eigenvalue weighted by Crippen LogP contribution is -2.32. The summed E-state index contributed by atoms with van der Waals surface area (Å²) in [5.41, 5.74) is 3.54. The van der Waals surface area contributed by atoms with Crippen molar-refractivity contribution < 1.29 is 4.74 Å². The molecule has 2 aromatic carbocycles. The summed E-state index contributed by atoms with van der Waals surface area (Å²) in [6.45, 7) is 10.1. The molecule has 0 aliphatic heterocycles. The summed E-state index contributed by atoms with van der Waals surface area (Å²) in [6, 6.07) is 16.0. The molecule has 0 fully saturated rings. The molecule has 8 nitrogen and oxygen atoms in total. The third kappa shape index (κ3) is 5.17. The number of aryl methyl sites for hydroxylation is 1. The molecular formula is C26H32N6O2. The number of fused-ring (bicyclic) bond motifs is 1. The van der Waals surface area contributed by atoms with Gasteiger partial charge in [0, 0.05) is 29.6 Å². The lowest BCUT2D eigenvalue weighted by molar-refractivity contribution is 0.217. The molecule has 0 bridgehead atoms. The number of benzene rings is 2. The van der Waals surface area contributed by atoms with Gasteiger partial charge in [-0.05, 0) is 67.4 Å². The molecule has 0 aliphatic rings. The molecule has 2 heterocycles. The van der Waals surface area contributed by atoms with Gasteiger partial charge in [0.25, 0.3) is 5.56 Å². The Balaban J connectivity index is 1.69. The maximum atomic E-state index is 12.9. The summed E-state index contributed by atoms with van der Waals surface area (Å²) in [6.07, 6.45) is 0.898. The molecule has 178 valence electrons. The lowest BCUT2D eigenvalue weighted by atomic mass is 10.0. The van der Waals surface area contributed by atoms with Crippen molar-refractivity contribution in [3.8, 4) is 5.75 Å². The molecule has 0 aliphatic carbocycles. The number of rotatable bonds is 9. The van der Waals surface area contributed by atoms with E-state index in [1.165, 1.54) is 11.1 Å². The molecule has 0 atom stereocenters. The van der Waals surface area contributed by atoms with Crippen LogP contribution < -0.4 is 10.3 Å². The van der Waals surface area contributed by atoms with Crippen LogP contribution in [0.25, 0.3) is 10.9 Å². The van der Waals surface area contributed by atoms with E-state index in [1.54, 1.807) is 7.11 Å². The smallest absolute Gasteiger partial charge is 0.252 e. The summed E-state index contributed by atoms with van der Waals surface area (Å²) >= 11 is 0. The van der Waals surface area contributed by atoms with Gasteiger partial charge < -0.3 is 9.72 Å². The molecule has 1 N–H and O–H groups in total. The van der Waals surface area contributed by atoms with Gasteiger partial charge in [-0.15, -0.1) is 5.10 Å². The Kier molecular flexibility index (Phi) is 6.79. The van der Waals surface area contributed by atoms with Gasteiger partial charge in [-0.3, -0.25) is 9.69 Å². The van der Waals surface area contributed by atoms with Crippen LogP contribution in [0.1, 0.15) is 49.7 Å². The monoisotopic (exact) mass is 460 g/mol. The Morgan fingerprint density at radius 1 is 1.06 bits per heavy atom. The van der Waals surface area contributed by atoms with Crippen LogP contribution in [0.5, 0.6) is 5.75 Å². The van der Waals surface area contributed by atoms with Gasteiger partial charge in [-0.25, -0.2) is 4.68 Å². The zero-order valence-corrected chi connectivity index (χ0v) is 20.5. The first kappa shape index (κ1) is 23.6. The maximum Gasteiger partial charge on any atom is 0.252 e. The number of nitrogens with one attached hydrogen (secondary N) is 1. The molecule has 2 aromatic heterocycles. The number of hydrogen-bond donors (Lipinski definition) is 1. The van der Waals surface area contributed by atoms with E-state index in [9.17, 15) is 4.79 Å². The molecule has 8 heteroatoms. The normalized spacial score (nSPS) is 11.9. The van der Waals surface area contributed by atoms with Gasteiger partial charge in [-0.2, -0.15) is 0 Å². The molecule has 0 radical (unpaired) electrons. The van der Waals surface area contributed by atoms with Gasteiger partial charge in [0.2, 0.25) is 0 Å². The molecule has 0 unspecified atom stereocenters. The summed E-state index contributed by atoms with van der Waals surface area (Å²) in [4.78, 5) is 18.1. The van der Waals surface area contributed by atoms with E-state index >= 15 is 0 Å². The lowest BCUT2D eigenvalue weighted by Gasteiger charge is -2.27. The van der Waals surface area contributed by atoms with Crippen molar-refractivity contribution in [2.45, 2.75) is 59.3 Å². The summed E-state index contributed by atoms with van der Waals surface area (Å²) in [5.74, 6) is 1.53. The second-order valence-corrected chi connectivity index (χ2v) is 9.38. The molecule has 0 saturated carbocycles. The van der Waals surface area contributed by atoms with E-state index in [2.05, 4.69) is 77.4 Å². The number of tetrazole rings is 1. The minimum atomic E-state index is -0.203. The van der Waals surface area contributed by atoms with E-state index in [0.717, 1.165) is 28.9 Å². The SMILES string of the molecule is CCC(C)(C)n1nnnc1CN(Cc1ccc(C)cc1)Cc1cc2cc(OC)ccc2[nH]c1=O. The van der Waals surface area contributed by atoms with Gasteiger partial charge in [0.15, 0.2) is 5.82 Å². The summed E-state index contributed by atoms with van der Waals surface area (Å²) in [5, 5.41) is 13.5. The Bertz CT molecular complexity index is 1320. The Morgan fingerprint density at radius 3 is 2.53 bits per heavy atom. The highest BCUT2D eigenvalue weighted by atomic mass is 16.5. The van der Waals surface area contributed by atoms with E-state index in [0.29, 0.717) is 25.2 Å². The number of pyridine rings is 1. The number of ether oxygens (including phenoxy) is 1.